The molecule has 1 aromatic rings. The summed E-state index contributed by atoms with van der Waals surface area (Å²) in [5.41, 5.74) is -0.00381. The number of carboxylic acid groups (broad SMARTS) is 1. The number of hydrogen-bond donors (Lipinski definition) is 3. The van der Waals surface area contributed by atoms with E-state index in [1.54, 1.807) is 6.92 Å². The Hall–Kier alpha value is -2.57. The summed E-state index contributed by atoms with van der Waals surface area (Å²) in [6, 6.07) is 3.66. The number of ether oxygens (including phenoxy) is 1. The fraction of sp³-hybridized carbons (Fsp3) is 0.308. The van der Waals surface area contributed by atoms with Gasteiger partial charge in [0.2, 0.25) is 5.91 Å². The highest BCUT2D eigenvalue weighted by molar-refractivity contribution is 5.95. The van der Waals surface area contributed by atoms with Crippen molar-refractivity contribution >= 4 is 23.5 Å². The van der Waals surface area contributed by atoms with Gasteiger partial charge in [-0.15, -0.1) is 0 Å². The normalized spacial score (nSPS) is 9.85. The van der Waals surface area contributed by atoms with Crippen molar-refractivity contribution in [2.75, 3.05) is 11.9 Å². The van der Waals surface area contributed by atoms with Crippen LogP contribution in [0.3, 0.4) is 0 Å². The maximum absolute atomic E-state index is 11.5. The molecule has 0 aliphatic rings. The average Bonchev–Trinajstić information content (AvgIpc) is 2.36. The molecule has 0 saturated carbocycles. The molecule has 0 radical (unpaired) electrons. The number of esters is 1. The molecule has 3 N–H and O–H groups in total. The Bertz CT molecular complexity index is 526. The summed E-state index contributed by atoms with van der Waals surface area (Å²) in [5, 5.41) is 20.6. The molecular formula is C13H15NO6. The van der Waals surface area contributed by atoms with Crippen LogP contribution in [0.2, 0.25) is 0 Å². The van der Waals surface area contributed by atoms with Crippen LogP contribution < -0.4 is 5.32 Å². The first kappa shape index (κ1) is 15.5. The van der Waals surface area contributed by atoms with Gasteiger partial charge in [-0.05, 0) is 19.1 Å². The Kier molecular flexibility index (Phi) is 5.52. The Morgan fingerprint density at radius 3 is 2.50 bits per heavy atom. The average molecular weight is 281 g/mol. The number of aromatic carboxylic acids is 1. The number of rotatable bonds is 6. The first-order chi connectivity index (χ1) is 9.43. The molecule has 7 heteroatoms. The van der Waals surface area contributed by atoms with Crippen LogP contribution in [-0.4, -0.2) is 34.7 Å². The lowest BCUT2D eigenvalue weighted by Crippen LogP contribution is -2.14. The van der Waals surface area contributed by atoms with Crippen molar-refractivity contribution in [2.45, 2.75) is 19.8 Å². The van der Waals surface area contributed by atoms with E-state index in [-0.39, 0.29) is 30.7 Å². The summed E-state index contributed by atoms with van der Waals surface area (Å²) in [5.74, 6) is -2.60. The molecule has 0 atom stereocenters. The van der Waals surface area contributed by atoms with Crippen LogP contribution in [0.25, 0.3) is 0 Å². The van der Waals surface area contributed by atoms with Gasteiger partial charge in [0.05, 0.1) is 13.0 Å². The number of aromatic hydroxyl groups is 1. The molecule has 0 fully saturated rings. The molecule has 0 saturated heterocycles. The topological polar surface area (TPSA) is 113 Å². The Balaban J connectivity index is 2.56. The van der Waals surface area contributed by atoms with Crippen LogP contribution in [0, 0.1) is 0 Å². The molecule has 1 aromatic carbocycles. The number of carbonyl (C=O) groups excluding carboxylic acids is 2. The van der Waals surface area contributed by atoms with Gasteiger partial charge >= 0.3 is 11.9 Å². The van der Waals surface area contributed by atoms with Crippen LogP contribution in [0.4, 0.5) is 5.69 Å². The first-order valence-corrected chi connectivity index (χ1v) is 5.95. The predicted molar refractivity (Wildman–Crippen MR) is 69.6 cm³/mol. The van der Waals surface area contributed by atoms with Crippen molar-refractivity contribution in [1.82, 2.24) is 0 Å². The van der Waals surface area contributed by atoms with E-state index in [0.717, 1.165) is 6.07 Å². The largest absolute Gasteiger partial charge is 0.507 e. The minimum atomic E-state index is -1.26. The SMILES string of the molecule is CCOC(=O)CCC(=O)Nc1ccc(C(=O)O)c(O)c1. The number of benzene rings is 1. The minimum absolute atomic E-state index is 0.0428. The van der Waals surface area contributed by atoms with Crippen molar-refractivity contribution in [2.24, 2.45) is 0 Å². The second-order valence-electron chi connectivity index (χ2n) is 3.89. The molecule has 108 valence electrons. The molecule has 1 amide bonds. The van der Waals surface area contributed by atoms with E-state index in [2.05, 4.69) is 10.1 Å². The Labute approximate surface area is 115 Å². The molecule has 0 unspecified atom stereocenters. The summed E-state index contributed by atoms with van der Waals surface area (Å²) >= 11 is 0. The smallest absolute Gasteiger partial charge is 0.339 e. The van der Waals surface area contributed by atoms with Crippen LogP contribution in [0.5, 0.6) is 5.75 Å². The second-order valence-corrected chi connectivity index (χ2v) is 3.89. The van der Waals surface area contributed by atoms with Gasteiger partial charge in [0.1, 0.15) is 11.3 Å². The van der Waals surface area contributed by atoms with Gasteiger partial charge in [-0.25, -0.2) is 4.79 Å². The lowest BCUT2D eigenvalue weighted by Gasteiger charge is -2.07. The lowest BCUT2D eigenvalue weighted by molar-refractivity contribution is -0.144. The van der Waals surface area contributed by atoms with E-state index in [1.165, 1.54) is 12.1 Å². The van der Waals surface area contributed by atoms with Gasteiger partial charge in [0.25, 0.3) is 0 Å². The zero-order valence-corrected chi connectivity index (χ0v) is 10.9. The van der Waals surface area contributed by atoms with Gasteiger partial charge in [0.15, 0.2) is 0 Å². The Morgan fingerprint density at radius 1 is 1.25 bits per heavy atom. The van der Waals surface area contributed by atoms with E-state index in [1.807, 2.05) is 0 Å². The number of carbonyl (C=O) groups is 3. The monoisotopic (exact) mass is 281 g/mol. The standard InChI is InChI=1S/C13H15NO6/c1-2-20-12(17)6-5-11(16)14-8-3-4-9(13(18)19)10(15)7-8/h3-4,7,15H,2,5-6H2,1H3,(H,14,16)(H,18,19). The van der Waals surface area contributed by atoms with Crippen molar-refractivity contribution < 1.29 is 29.3 Å². The zero-order valence-electron chi connectivity index (χ0n) is 10.9. The molecular weight excluding hydrogens is 266 g/mol. The molecule has 7 nitrogen and oxygen atoms in total. The van der Waals surface area contributed by atoms with E-state index < -0.39 is 23.6 Å². The summed E-state index contributed by atoms with van der Waals surface area (Å²) in [7, 11) is 0. The number of carboxylic acids is 1. The number of nitrogens with one attached hydrogen (secondary N) is 1. The molecule has 0 spiro atoms. The predicted octanol–water partition coefficient (Wildman–Crippen LogP) is 1.37. The van der Waals surface area contributed by atoms with E-state index >= 15 is 0 Å². The van der Waals surface area contributed by atoms with Crippen molar-refractivity contribution in [1.29, 1.82) is 0 Å². The molecule has 0 aliphatic heterocycles. The molecule has 0 aromatic heterocycles. The third kappa shape index (κ3) is 4.60. The number of hydrogen-bond acceptors (Lipinski definition) is 5. The van der Waals surface area contributed by atoms with Gasteiger partial charge in [0, 0.05) is 18.2 Å². The summed E-state index contributed by atoms with van der Waals surface area (Å²) < 4.78 is 4.68. The first-order valence-electron chi connectivity index (χ1n) is 5.95. The van der Waals surface area contributed by atoms with Crippen LogP contribution in [0.1, 0.15) is 30.1 Å². The fourth-order valence-corrected chi connectivity index (χ4v) is 1.46. The van der Waals surface area contributed by atoms with Gasteiger partial charge < -0.3 is 20.3 Å². The highest BCUT2D eigenvalue weighted by Gasteiger charge is 2.12. The minimum Gasteiger partial charge on any atom is -0.507 e. The zero-order chi connectivity index (χ0) is 15.1. The highest BCUT2D eigenvalue weighted by atomic mass is 16.5. The van der Waals surface area contributed by atoms with Gasteiger partial charge in [-0.3, -0.25) is 9.59 Å². The van der Waals surface area contributed by atoms with Crippen LogP contribution in [-0.2, 0) is 14.3 Å². The van der Waals surface area contributed by atoms with E-state index in [4.69, 9.17) is 5.11 Å². The number of amides is 1. The van der Waals surface area contributed by atoms with Crippen molar-refractivity contribution in [3.63, 3.8) is 0 Å². The van der Waals surface area contributed by atoms with Crippen molar-refractivity contribution in [3.05, 3.63) is 23.8 Å². The van der Waals surface area contributed by atoms with Crippen molar-refractivity contribution in [3.8, 4) is 5.75 Å². The molecule has 0 aliphatic carbocycles. The van der Waals surface area contributed by atoms with Crippen LogP contribution >= 0.6 is 0 Å². The lowest BCUT2D eigenvalue weighted by atomic mass is 10.2. The summed E-state index contributed by atoms with van der Waals surface area (Å²) in [4.78, 5) is 33.3. The number of anilines is 1. The highest BCUT2D eigenvalue weighted by Crippen LogP contribution is 2.22. The van der Waals surface area contributed by atoms with Gasteiger partial charge in [-0.1, -0.05) is 0 Å². The summed E-state index contributed by atoms with van der Waals surface area (Å²) in [6.07, 6.45) is -0.0981. The summed E-state index contributed by atoms with van der Waals surface area (Å²) in [6.45, 7) is 1.93. The van der Waals surface area contributed by atoms with E-state index in [9.17, 15) is 19.5 Å². The van der Waals surface area contributed by atoms with Crippen LogP contribution in [0.15, 0.2) is 18.2 Å². The van der Waals surface area contributed by atoms with E-state index in [0.29, 0.717) is 0 Å². The third-order valence-corrected chi connectivity index (χ3v) is 2.37. The Morgan fingerprint density at radius 2 is 1.95 bits per heavy atom. The second kappa shape index (κ2) is 7.13. The fourth-order valence-electron chi connectivity index (χ4n) is 1.46. The molecule has 0 bridgehead atoms. The van der Waals surface area contributed by atoms with Gasteiger partial charge in [-0.2, -0.15) is 0 Å². The molecule has 0 heterocycles. The number of phenols is 1. The maximum atomic E-state index is 11.5. The third-order valence-electron chi connectivity index (χ3n) is 2.37. The molecule has 20 heavy (non-hydrogen) atoms. The molecule has 1 rings (SSSR count). The quantitative estimate of drug-likeness (QED) is 0.679. The maximum Gasteiger partial charge on any atom is 0.339 e.